The van der Waals surface area contributed by atoms with E-state index >= 15 is 0 Å². The van der Waals surface area contributed by atoms with Gasteiger partial charge in [0.05, 0.1) is 42.7 Å². The molecule has 1 aliphatic rings. The number of ether oxygens (including phenoxy) is 1. The van der Waals surface area contributed by atoms with Crippen molar-refractivity contribution >= 4 is 36.9 Å². The highest BCUT2D eigenvalue weighted by molar-refractivity contribution is 6.74. The van der Waals surface area contributed by atoms with Crippen LogP contribution in [-0.4, -0.2) is 63.9 Å². The van der Waals surface area contributed by atoms with Crippen LogP contribution in [-0.2, 0) is 11.0 Å². The van der Waals surface area contributed by atoms with Gasteiger partial charge in [0.15, 0.2) is 19.8 Å². The standard InChI is InChI=1S/C31H46N8O2Si/c1-11-39-29-27(22(4)36-39)28(38-14-12-13-23(38)18-41-42(9,10)31(5,6)7)34-30(35-29)33-26-17-37(19-32-26)24-15-20(2)21(3)25(16-24)40-8/h15-17,19,23H,11-14,18H2,1-10H3,(H,33,34,35)/t23-/m0/s1. The van der Waals surface area contributed by atoms with Crippen LogP contribution in [0.2, 0.25) is 18.1 Å². The first-order chi connectivity index (χ1) is 19.8. The topological polar surface area (TPSA) is 95.2 Å². The van der Waals surface area contributed by atoms with E-state index in [2.05, 4.69) is 75.9 Å². The van der Waals surface area contributed by atoms with Crippen LogP contribution in [0.4, 0.5) is 17.6 Å². The zero-order chi connectivity index (χ0) is 30.4. The lowest BCUT2D eigenvalue weighted by Crippen LogP contribution is -2.45. The number of rotatable bonds is 9. The Bertz CT molecular complexity index is 1590. The molecule has 42 heavy (non-hydrogen) atoms. The molecule has 3 aromatic heterocycles. The Morgan fingerprint density at radius 3 is 2.57 bits per heavy atom. The molecule has 1 fully saturated rings. The van der Waals surface area contributed by atoms with Crippen molar-refractivity contribution in [1.29, 1.82) is 0 Å². The van der Waals surface area contributed by atoms with Crippen LogP contribution in [0.1, 0.15) is 57.4 Å². The molecule has 0 unspecified atom stereocenters. The molecule has 4 heterocycles. The Hall–Kier alpha value is -3.44. The molecule has 1 saturated heterocycles. The summed E-state index contributed by atoms with van der Waals surface area (Å²) in [5.41, 5.74) is 5.04. The minimum absolute atomic E-state index is 0.167. The number of benzene rings is 1. The van der Waals surface area contributed by atoms with E-state index in [1.54, 1.807) is 13.4 Å². The maximum absolute atomic E-state index is 6.70. The van der Waals surface area contributed by atoms with Gasteiger partial charge in [-0.2, -0.15) is 15.1 Å². The molecule has 0 amide bonds. The van der Waals surface area contributed by atoms with Gasteiger partial charge in [-0.3, -0.25) is 0 Å². The van der Waals surface area contributed by atoms with Crippen LogP contribution < -0.4 is 15.0 Å². The number of fused-ring (bicyclic) bond motifs is 1. The summed E-state index contributed by atoms with van der Waals surface area (Å²) in [6.07, 6.45) is 5.92. The predicted octanol–water partition coefficient (Wildman–Crippen LogP) is 6.70. The molecule has 0 saturated carbocycles. The lowest BCUT2D eigenvalue weighted by Gasteiger charge is -2.38. The number of aryl methyl sites for hydroxylation is 3. The summed E-state index contributed by atoms with van der Waals surface area (Å²) in [5.74, 6) is 2.94. The van der Waals surface area contributed by atoms with Crippen molar-refractivity contribution in [1.82, 2.24) is 29.3 Å². The second kappa shape index (κ2) is 11.3. The van der Waals surface area contributed by atoms with E-state index in [1.165, 1.54) is 0 Å². The number of hydrogen-bond acceptors (Lipinski definition) is 8. The number of aromatic nitrogens is 6. The van der Waals surface area contributed by atoms with Gasteiger partial charge in [-0.25, -0.2) is 9.67 Å². The smallest absolute Gasteiger partial charge is 0.232 e. The maximum Gasteiger partial charge on any atom is 0.232 e. The van der Waals surface area contributed by atoms with Crippen molar-refractivity contribution in [3.05, 3.63) is 41.5 Å². The number of nitrogens with one attached hydrogen (secondary N) is 1. The first-order valence-electron chi connectivity index (χ1n) is 14.9. The molecule has 11 heteroatoms. The van der Waals surface area contributed by atoms with Gasteiger partial charge < -0.3 is 23.9 Å². The quantitative estimate of drug-likeness (QED) is 0.215. The van der Waals surface area contributed by atoms with Gasteiger partial charge in [0.2, 0.25) is 5.95 Å². The van der Waals surface area contributed by atoms with Gasteiger partial charge in [0.1, 0.15) is 17.9 Å². The lowest BCUT2D eigenvalue weighted by atomic mass is 10.1. The lowest BCUT2D eigenvalue weighted by molar-refractivity contribution is 0.263. The highest BCUT2D eigenvalue weighted by atomic mass is 28.4. The third-order valence-electron chi connectivity index (χ3n) is 9.08. The van der Waals surface area contributed by atoms with E-state index in [1.807, 2.05) is 28.4 Å². The van der Waals surface area contributed by atoms with Crippen LogP contribution in [0, 0.1) is 20.8 Å². The molecular weight excluding hydrogens is 544 g/mol. The summed E-state index contributed by atoms with van der Waals surface area (Å²) in [6.45, 7) is 22.2. The summed E-state index contributed by atoms with van der Waals surface area (Å²) in [7, 11) is -0.177. The Kier molecular flexibility index (Phi) is 8.10. The summed E-state index contributed by atoms with van der Waals surface area (Å²) >= 11 is 0. The maximum atomic E-state index is 6.70. The number of imidazole rings is 1. The van der Waals surface area contributed by atoms with Crippen molar-refractivity contribution < 1.29 is 9.16 Å². The van der Waals surface area contributed by atoms with E-state index < -0.39 is 8.32 Å². The van der Waals surface area contributed by atoms with Gasteiger partial charge >= 0.3 is 0 Å². The zero-order valence-electron chi connectivity index (χ0n) is 26.9. The van der Waals surface area contributed by atoms with Gasteiger partial charge in [-0.15, -0.1) is 0 Å². The van der Waals surface area contributed by atoms with Crippen molar-refractivity contribution in [2.45, 2.75) is 92.0 Å². The zero-order valence-corrected chi connectivity index (χ0v) is 27.9. The van der Waals surface area contributed by atoms with E-state index in [9.17, 15) is 0 Å². The van der Waals surface area contributed by atoms with Gasteiger partial charge in [-0.05, 0) is 75.9 Å². The number of methoxy groups -OCH3 is 1. The van der Waals surface area contributed by atoms with E-state index in [-0.39, 0.29) is 11.1 Å². The van der Waals surface area contributed by atoms with Gasteiger partial charge in [0.25, 0.3) is 0 Å². The molecule has 4 aromatic rings. The molecule has 1 aromatic carbocycles. The van der Waals surface area contributed by atoms with Crippen molar-refractivity contribution in [3.63, 3.8) is 0 Å². The van der Waals surface area contributed by atoms with Crippen LogP contribution in [0.25, 0.3) is 16.7 Å². The summed E-state index contributed by atoms with van der Waals surface area (Å²) in [4.78, 5) is 17.1. The molecule has 10 nitrogen and oxygen atoms in total. The first-order valence-corrected chi connectivity index (χ1v) is 17.9. The molecular formula is C31H46N8O2Si. The fourth-order valence-corrected chi connectivity index (χ4v) is 6.37. The van der Waals surface area contributed by atoms with Crippen LogP contribution >= 0.6 is 0 Å². The highest BCUT2D eigenvalue weighted by Crippen LogP contribution is 2.38. The summed E-state index contributed by atoms with van der Waals surface area (Å²) in [5, 5.41) is 9.36. The minimum atomic E-state index is -1.88. The second-order valence-electron chi connectivity index (χ2n) is 12.9. The Balaban J connectivity index is 1.48. The number of anilines is 3. The Morgan fingerprint density at radius 2 is 1.88 bits per heavy atom. The van der Waals surface area contributed by atoms with Gasteiger partial charge in [0, 0.05) is 19.2 Å². The van der Waals surface area contributed by atoms with E-state index in [4.69, 9.17) is 24.2 Å². The minimum Gasteiger partial charge on any atom is -0.496 e. The van der Waals surface area contributed by atoms with Crippen molar-refractivity contribution in [2.24, 2.45) is 0 Å². The average Bonchev–Trinajstić information content (AvgIpc) is 3.67. The Labute approximate surface area is 250 Å². The molecule has 0 aliphatic carbocycles. The van der Waals surface area contributed by atoms with Gasteiger partial charge in [-0.1, -0.05) is 20.8 Å². The molecule has 0 bridgehead atoms. The number of hydrogen-bond donors (Lipinski definition) is 1. The van der Waals surface area contributed by atoms with Crippen LogP contribution in [0.5, 0.6) is 5.75 Å². The average molecular weight is 591 g/mol. The van der Waals surface area contributed by atoms with Crippen LogP contribution in [0.3, 0.4) is 0 Å². The monoisotopic (exact) mass is 590 g/mol. The summed E-state index contributed by atoms with van der Waals surface area (Å²) in [6, 6.07) is 4.41. The molecule has 1 N–H and O–H groups in total. The second-order valence-corrected chi connectivity index (χ2v) is 17.7. The van der Waals surface area contributed by atoms with Crippen molar-refractivity contribution in [3.8, 4) is 11.4 Å². The van der Waals surface area contributed by atoms with Crippen molar-refractivity contribution in [2.75, 3.05) is 30.5 Å². The molecule has 1 aliphatic heterocycles. The molecule has 5 rings (SSSR count). The largest absolute Gasteiger partial charge is 0.496 e. The number of nitrogens with zero attached hydrogens (tertiary/aromatic N) is 7. The molecule has 0 spiro atoms. The molecule has 0 radical (unpaired) electrons. The predicted molar refractivity (Wildman–Crippen MR) is 172 cm³/mol. The van der Waals surface area contributed by atoms with E-state index in [0.29, 0.717) is 18.4 Å². The first kappa shape index (κ1) is 30.0. The Morgan fingerprint density at radius 1 is 1.12 bits per heavy atom. The van der Waals surface area contributed by atoms with E-state index in [0.717, 1.165) is 71.0 Å². The van der Waals surface area contributed by atoms with Crippen LogP contribution in [0.15, 0.2) is 24.7 Å². The fourth-order valence-electron chi connectivity index (χ4n) is 5.33. The fraction of sp³-hybridized carbons (Fsp3) is 0.548. The normalized spacial score (nSPS) is 16.0. The SMILES string of the molecule is CCn1nc(C)c2c(N3CCC[C@H]3CO[Si](C)(C)C(C)(C)C)nc(Nc3cn(-c4cc(C)c(C)c(OC)c4)cn3)nc21. The molecule has 1 atom stereocenters. The highest BCUT2D eigenvalue weighted by Gasteiger charge is 2.39. The summed E-state index contributed by atoms with van der Waals surface area (Å²) < 4.78 is 16.2. The third kappa shape index (κ3) is 5.64. The third-order valence-corrected chi connectivity index (χ3v) is 13.6. The molecule has 226 valence electrons.